The molecule has 1 atom stereocenters. The van der Waals surface area contributed by atoms with Crippen molar-refractivity contribution in [3.8, 4) is 11.8 Å². The molecule has 1 unspecified atom stereocenters. The van der Waals surface area contributed by atoms with E-state index in [0.717, 1.165) is 36.6 Å². The quantitative estimate of drug-likeness (QED) is 0.884. The fraction of sp³-hybridized carbons (Fsp3) is 0.533. The second kappa shape index (κ2) is 6.42. The van der Waals surface area contributed by atoms with Gasteiger partial charge in [-0.15, -0.1) is 0 Å². The van der Waals surface area contributed by atoms with Crippen LogP contribution in [-0.2, 0) is 6.42 Å². The topological polar surface area (TPSA) is 45.0 Å². The molecule has 1 aromatic carbocycles. The van der Waals surface area contributed by atoms with Crippen LogP contribution >= 0.6 is 0 Å². The van der Waals surface area contributed by atoms with Crippen molar-refractivity contribution >= 4 is 0 Å². The third-order valence-corrected chi connectivity index (χ3v) is 3.40. The molecule has 0 radical (unpaired) electrons. The zero-order valence-electron chi connectivity index (χ0n) is 10.9. The number of rotatable bonds is 4. The van der Waals surface area contributed by atoms with Crippen molar-refractivity contribution in [2.75, 3.05) is 19.7 Å². The normalized spacial score (nSPS) is 19.2. The highest BCUT2D eigenvalue weighted by atomic mass is 16.5. The Morgan fingerprint density at radius 1 is 1.50 bits per heavy atom. The molecular formula is C15H20N2O. The van der Waals surface area contributed by atoms with Gasteiger partial charge in [-0.2, -0.15) is 5.26 Å². The highest BCUT2D eigenvalue weighted by Gasteiger charge is 2.13. The highest BCUT2D eigenvalue weighted by molar-refractivity contribution is 5.37. The maximum Gasteiger partial charge on any atom is 0.122 e. The van der Waals surface area contributed by atoms with E-state index in [4.69, 9.17) is 10.00 Å². The number of hydrogen-bond acceptors (Lipinski definition) is 3. The lowest BCUT2D eigenvalue weighted by atomic mass is 10.0. The van der Waals surface area contributed by atoms with Gasteiger partial charge in [-0.3, -0.25) is 0 Å². The zero-order chi connectivity index (χ0) is 12.8. The Balaban J connectivity index is 1.90. The Kier molecular flexibility index (Phi) is 4.60. The Labute approximate surface area is 109 Å². The number of nitrogens with zero attached hydrogens (tertiary/aromatic N) is 1. The van der Waals surface area contributed by atoms with E-state index in [1.807, 2.05) is 25.1 Å². The van der Waals surface area contributed by atoms with Crippen molar-refractivity contribution < 1.29 is 4.74 Å². The predicted octanol–water partition coefficient (Wildman–Crippen LogP) is 2.44. The number of nitrogens with one attached hydrogen (secondary N) is 1. The van der Waals surface area contributed by atoms with Gasteiger partial charge in [0.15, 0.2) is 0 Å². The van der Waals surface area contributed by atoms with E-state index in [1.165, 1.54) is 12.8 Å². The molecule has 0 saturated carbocycles. The summed E-state index contributed by atoms with van der Waals surface area (Å²) in [5, 5.41) is 12.1. The van der Waals surface area contributed by atoms with Crippen LogP contribution in [0.3, 0.4) is 0 Å². The molecule has 0 spiro atoms. The fourth-order valence-electron chi connectivity index (χ4n) is 2.35. The minimum absolute atomic E-state index is 0.466. The number of benzene rings is 1. The van der Waals surface area contributed by atoms with Crippen LogP contribution in [0.2, 0.25) is 0 Å². The van der Waals surface area contributed by atoms with Gasteiger partial charge in [0.25, 0.3) is 0 Å². The summed E-state index contributed by atoms with van der Waals surface area (Å²) in [5.74, 6) is 1.57. The van der Waals surface area contributed by atoms with Crippen molar-refractivity contribution in [1.82, 2.24) is 5.32 Å². The number of hydrogen-bond donors (Lipinski definition) is 1. The second-order valence-corrected chi connectivity index (χ2v) is 4.96. The van der Waals surface area contributed by atoms with Crippen LogP contribution in [0, 0.1) is 24.2 Å². The third-order valence-electron chi connectivity index (χ3n) is 3.40. The van der Waals surface area contributed by atoms with Crippen LogP contribution in [0.4, 0.5) is 0 Å². The lowest BCUT2D eigenvalue weighted by molar-refractivity contribution is 0.217. The molecule has 2 rings (SSSR count). The van der Waals surface area contributed by atoms with E-state index in [-0.39, 0.29) is 0 Å². The summed E-state index contributed by atoms with van der Waals surface area (Å²) in [6, 6.07) is 8.17. The van der Waals surface area contributed by atoms with Crippen LogP contribution in [0.25, 0.3) is 0 Å². The van der Waals surface area contributed by atoms with Gasteiger partial charge in [-0.05, 0) is 43.5 Å². The van der Waals surface area contributed by atoms with E-state index in [0.29, 0.717) is 12.3 Å². The van der Waals surface area contributed by atoms with Crippen LogP contribution < -0.4 is 10.1 Å². The number of ether oxygens (including phenoxy) is 1. The summed E-state index contributed by atoms with van der Waals surface area (Å²) < 4.78 is 5.89. The monoisotopic (exact) mass is 244 g/mol. The molecule has 3 nitrogen and oxygen atoms in total. The molecule has 0 amide bonds. The van der Waals surface area contributed by atoms with E-state index in [1.54, 1.807) is 0 Å². The predicted molar refractivity (Wildman–Crippen MR) is 71.6 cm³/mol. The Morgan fingerprint density at radius 2 is 2.39 bits per heavy atom. The molecule has 0 aromatic heterocycles. The van der Waals surface area contributed by atoms with E-state index in [9.17, 15) is 0 Å². The molecule has 96 valence electrons. The van der Waals surface area contributed by atoms with Gasteiger partial charge in [-0.1, -0.05) is 12.1 Å². The van der Waals surface area contributed by atoms with Crippen molar-refractivity contribution in [1.29, 1.82) is 5.26 Å². The molecule has 0 bridgehead atoms. The maximum atomic E-state index is 8.67. The summed E-state index contributed by atoms with van der Waals surface area (Å²) in [5.41, 5.74) is 2.17. The number of aryl methyl sites for hydroxylation is 1. The minimum atomic E-state index is 0.466. The smallest absolute Gasteiger partial charge is 0.122 e. The largest absolute Gasteiger partial charge is 0.493 e. The van der Waals surface area contributed by atoms with Gasteiger partial charge < -0.3 is 10.1 Å². The molecule has 1 aliphatic rings. The molecule has 3 heteroatoms. The Morgan fingerprint density at radius 3 is 3.06 bits per heavy atom. The molecule has 1 saturated heterocycles. The van der Waals surface area contributed by atoms with E-state index < -0.39 is 0 Å². The zero-order valence-corrected chi connectivity index (χ0v) is 10.9. The summed E-state index contributed by atoms with van der Waals surface area (Å²) in [7, 11) is 0. The molecule has 0 aliphatic carbocycles. The second-order valence-electron chi connectivity index (χ2n) is 4.96. The van der Waals surface area contributed by atoms with Crippen LogP contribution in [-0.4, -0.2) is 19.7 Å². The van der Waals surface area contributed by atoms with Crippen LogP contribution in [0.1, 0.15) is 24.0 Å². The fourth-order valence-corrected chi connectivity index (χ4v) is 2.35. The third kappa shape index (κ3) is 3.48. The molecule has 1 aliphatic heterocycles. The van der Waals surface area contributed by atoms with Gasteiger partial charge in [-0.25, -0.2) is 0 Å². The first-order chi connectivity index (χ1) is 8.79. The lowest BCUT2D eigenvalue weighted by Gasteiger charge is -2.23. The van der Waals surface area contributed by atoms with Gasteiger partial charge in [0, 0.05) is 12.5 Å². The van der Waals surface area contributed by atoms with Crippen LogP contribution in [0.5, 0.6) is 5.75 Å². The summed E-state index contributed by atoms with van der Waals surface area (Å²) in [6.45, 7) is 5.02. The maximum absolute atomic E-state index is 8.67. The van der Waals surface area contributed by atoms with Crippen molar-refractivity contribution in [2.45, 2.75) is 26.2 Å². The molecule has 1 N–H and O–H groups in total. The Hall–Kier alpha value is -1.53. The molecule has 1 fully saturated rings. The molecule has 1 aromatic rings. The highest BCUT2D eigenvalue weighted by Crippen LogP contribution is 2.21. The van der Waals surface area contributed by atoms with Crippen molar-refractivity contribution in [2.24, 2.45) is 5.92 Å². The lowest BCUT2D eigenvalue weighted by Crippen LogP contribution is -2.33. The van der Waals surface area contributed by atoms with Crippen molar-refractivity contribution in [3.05, 3.63) is 29.3 Å². The van der Waals surface area contributed by atoms with Gasteiger partial charge in [0.05, 0.1) is 19.1 Å². The Bertz CT molecular complexity index is 431. The first-order valence-electron chi connectivity index (χ1n) is 6.59. The van der Waals surface area contributed by atoms with Gasteiger partial charge in [0.1, 0.15) is 5.75 Å². The minimum Gasteiger partial charge on any atom is -0.493 e. The summed E-state index contributed by atoms with van der Waals surface area (Å²) in [6.07, 6.45) is 2.96. The molecular weight excluding hydrogens is 224 g/mol. The van der Waals surface area contributed by atoms with E-state index in [2.05, 4.69) is 11.4 Å². The van der Waals surface area contributed by atoms with Gasteiger partial charge >= 0.3 is 0 Å². The van der Waals surface area contributed by atoms with E-state index >= 15 is 0 Å². The summed E-state index contributed by atoms with van der Waals surface area (Å²) >= 11 is 0. The average molecular weight is 244 g/mol. The molecule has 1 heterocycles. The summed E-state index contributed by atoms with van der Waals surface area (Å²) in [4.78, 5) is 0. The van der Waals surface area contributed by atoms with Gasteiger partial charge in [0.2, 0.25) is 0 Å². The first kappa shape index (κ1) is 12.9. The average Bonchev–Trinajstić information content (AvgIpc) is 2.39. The number of nitriles is 1. The molecule has 18 heavy (non-hydrogen) atoms. The van der Waals surface area contributed by atoms with Crippen LogP contribution in [0.15, 0.2) is 18.2 Å². The first-order valence-corrected chi connectivity index (χ1v) is 6.59. The number of piperidine rings is 1. The van der Waals surface area contributed by atoms with Crippen molar-refractivity contribution in [3.63, 3.8) is 0 Å². The SMILES string of the molecule is Cc1cc(CC#N)ccc1OCC1CCCNC1. The standard InChI is InChI=1S/C15H20N2O/c1-12-9-13(6-7-16)4-5-15(12)18-11-14-3-2-8-17-10-14/h4-5,9,14,17H,2-3,6,8,10-11H2,1H3.